The molecule has 0 aliphatic carbocycles. The van der Waals surface area contributed by atoms with Gasteiger partial charge in [-0.05, 0) is 48.1 Å². The van der Waals surface area contributed by atoms with Crippen molar-refractivity contribution in [2.45, 2.75) is 33.1 Å². The Bertz CT molecular complexity index is 710. The minimum absolute atomic E-state index is 0.456. The molecule has 2 aromatic rings. The molecule has 0 aliphatic rings. The van der Waals surface area contributed by atoms with Gasteiger partial charge in [-0.1, -0.05) is 32.6 Å². The van der Waals surface area contributed by atoms with Crippen LogP contribution in [0.3, 0.4) is 0 Å². The summed E-state index contributed by atoms with van der Waals surface area (Å²) in [4.78, 5) is 3.82. The van der Waals surface area contributed by atoms with Crippen LogP contribution in [0.1, 0.15) is 43.0 Å². The number of allylic oxidation sites excluding steroid dienone is 1. The van der Waals surface area contributed by atoms with Crippen LogP contribution in [0.5, 0.6) is 0 Å². The summed E-state index contributed by atoms with van der Waals surface area (Å²) >= 11 is 0. The highest BCUT2D eigenvalue weighted by molar-refractivity contribution is 6.10. The fourth-order valence-electron chi connectivity index (χ4n) is 2.33. The average Bonchev–Trinajstić information content (AvgIpc) is 2.97. The number of nitrogens with zero attached hydrogens (tertiary/aromatic N) is 3. The van der Waals surface area contributed by atoms with E-state index in [1.54, 1.807) is 6.21 Å². The Balaban J connectivity index is 2.52. The summed E-state index contributed by atoms with van der Waals surface area (Å²) in [6, 6.07) is 8.28. The molecule has 1 atom stereocenters. The highest BCUT2D eigenvalue weighted by atomic mass is 15.3. The number of benzene rings is 1. The molecule has 1 aromatic heterocycles. The normalized spacial score (nSPS) is 12.5. The smallest absolute Gasteiger partial charge is 0.106 e. The van der Waals surface area contributed by atoms with Gasteiger partial charge in [-0.2, -0.15) is 5.10 Å². The Kier molecular flexibility index (Phi) is 5.04. The molecular formula is C18H22N4. The molecular weight excluding hydrogens is 272 g/mol. The van der Waals surface area contributed by atoms with Crippen LogP contribution in [0.4, 0.5) is 0 Å². The third-order valence-electron chi connectivity index (χ3n) is 3.82. The lowest BCUT2D eigenvalue weighted by atomic mass is 9.94. The van der Waals surface area contributed by atoms with Crippen LogP contribution in [0, 0.1) is 12.3 Å². The molecule has 1 unspecified atom stereocenters. The lowest BCUT2D eigenvalue weighted by Gasteiger charge is -2.16. The molecule has 0 spiro atoms. The first-order valence-corrected chi connectivity index (χ1v) is 7.44. The lowest BCUT2D eigenvalue weighted by molar-refractivity contribution is 0.716. The number of nitrogens with one attached hydrogen (secondary N) is 1. The first-order chi connectivity index (χ1) is 10.6. The number of aryl methyl sites for hydroxylation is 1. The van der Waals surface area contributed by atoms with E-state index in [-0.39, 0.29) is 0 Å². The number of hydrogen-bond donors (Lipinski definition) is 1. The molecule has 0 bridgehead atoms. The van der Waals surface area contributed by atoms with Crippen molar-refractivity contribution in [3.63, 3.8) is 0 Å². The van der Waals surface area contributed by atoms with Crippen molar-refractivity contribution < 1.29 is 0 Å². The molecule has 0 fully saturated rings. The van der Waals surface area contributed by atoms with E-state index in [2.05, 4.69) is 48.7 Å². The van der Waals surface area contributed by atoms with Crippen molar-refractivity contribution in [3.8, 4) is 5.69 Å². The van der Waals surface area contributed by atoms with Crippen molar-refractivity contribution in [1.82, 2.24) is 9.78 Å². The van der Waals surface area contributed by atoms with Gasteiger partial charge in [-0.25, -0.2) is 9.67 Å². The molecule has 22 heavy (non-hydrogen) atoms. The summed E-state index contributed by atoms with van der Waals surface area (Å²) in [5.74, 6) is 0.456. The molecule has 4 nitrogen and oxygen atoms in total. The number of hydrogen-bond acceptors (Lipinski definition) is 2. The van der Waals surface area contributed by atoms with E-state index in [4.69, 9.17) is 5.41 Å². The van der Waals surface area contributed by atoms with Gasteiger partial charge in [0.1, 0.15) is 6.34 Å². The lowest BCUT2D eigenvalue weighted by Crippen LogP contribution is -2.04. The maximum atomic E-state index is 6.98. The number of aliphatic imine (C=N–C) groups is 1. The van der Waals surface area contributed by atoms with Crippen LogP contribution in [-0.4, -0.2) is 22.3 Å². The van der Waals surface area contributed by atoms with E-state index in [9.17, 15) is 0 Å². The molecule has 2 rings (SSSR count). The summed E-state index contributed by atoms with van der Waals surface area (Å²) in [5.41, 5.74) is 5.10. The third kappa shape index (κ3) is 3.39. The fraction of sp³-hybridized carbons (Fsp3) is 0.278. The van der Waals surface area contributed by atoms with Crippen molar-refractivity contribution in [2.75, 3.05) is 0 Å². The Hall–Kier alpha value is -2.49. The third-order valence-corrected chi connectivity index (χ3v) is 3.82. The molecule has 1 N–H and O–H groups in total. The van der Waals surface area contributed by atoms with Gasteiger partial charge in [0.2, 0.25) is 0 Å². The topological polar surface area (TPSA) is 54.0 Å². The summed E-state index contributed by atoms with van der Waals surface area (Å²) < 4.78 is 1.92. The van der Waals surface area contributed by atoms with Crippen molar-refractivity contribution >= 4 is 18.1 Å². The number of rotatable bonds is 6. The van der Waals surface area contributed by atoms with E-state index in [1.807, 2.05) is 23.9 Å². The van der Waals surface area contributed by atoms with Crippen LogP contribution >= 0.6 is 0 Å². The highest BCUT2D eigenvalue weighted by Gasteiger charge is 2.13. The summed E-state index contributed by atoms with van der Waals surface area (Å²) in [5, 5.41) is 11.5. The van der Waals surface area contributed by atoms with Gasteiger partial charge in [0.25, 0.3) is 0 Å². The van der Waals surface area contributed by atoms with Crippen LogP contribution in [-0.2, 0) is 0 Å². The minimum atomic E-state index is 0.456. The molecule has 0 radical (unpaired) electrons. The van der Waals surface area contributed by atoms with Gasteiger partial charge in [-0.3, -0.25) is 5.41 Å². The second-order valence-corrected chi connectivity index (χ2v) is 5.42. The quantitative estimate of drug-likeness (QED) is 0.623. The second kappa shape index (κ2) is 6.98. The maximum absolute atomic E-state index is 6.98. The van der Waals surface area contributed by atoms with Crippen molar-refractivity contribution in [2.24, 2.45) is 4.99 Å². The van der Waals surface area contributed by atoms with Crippen LogP contribution in [0.15, 0.2) is 42.0 Å². The van der Waals surface area contributed by atoms with Gasteiger partial charge >= 0.3 is 0 Å². The van der Waals surface area contributed by atoms with E-state index >= 15 is 0 Å². The zero-order valence-corrected chi connectivity index (χ0v) is 13.4. The van der Waals surface area contributed by atoms with Gasteiger partial charge in [0.15, 0.2) is 0 Å². The zero-order chi connectivity index (χ0) is 16.1. The molecule has 0 saturated heterocycles. The summed E-state index contributed by atoms with van der Waals surface area (Å²) in [7, 11) is 0. The minimum Gasteiger partial charge on any atom is -0.290 e. The largest absolute Gasteiger partial charge is 0.290 e. The van der Waals surface area contributed by atoms with Crippen LogP contribution < -0.4 is 0 Å². The Morgan fingerprint density at radius 1 is 1.45 bits per heavy atom. The Labute approximate surface area is 131 Å². The summed E-state index contributed by atoms with van der Waals surface area (Å²) in [6.45, 7) is 10.4. The average molecular weight is 294 g/mol. The predicted molar refractivity (Wildman–Crippen MR) is 93.3 cm³/mol. The maximum Gasteiger partial charge on any atom is 0.106 e. The van der Waals surface area contributed by atoms with E-state index in [0.717, 1.165) is 35.3 Å². The van der Waals surface area contributed by atoms with E-state index in [1.165, 1.54) is 5.56 Å². The standard InChI is InChI=1S/C18H22N4/c1-5-13(2)17-7-6-16(14(3)11-20-12-19)10-18(17)22-9-8-15(4)21-22/h6-13,19H,3,5H2,1-2,4H3. The van der Waals surface area contributed by atoms with E-state index < -0.39 is 0 Å². The van der Waals surface area contributed by atoms with Crippen molar-refractivity contribution in [3.05, 3.63) is 53.9 Å². The second-order valence-electron chi connectivity index (χ2n) is 5.42. The SMILES string of the molecule is C=C(C=NC=N)c1ccc(C(C)CC)c(-n2ccc(C)n2)c1. The van der Waals surface area contributed by atoms with Crippen LogP contribution in [0.25, 0.3) is 11.3 Å². The molecule has 0 saturated carbocycles. The number of aromatic nitrogens is 2. The molecule has 0 amide bonds. The molecule has 1 heterocycles. The Morgan fingerprint density at radius 3 is 2.82 bits per heavy atom. The molecule has 1 aromatic carbocycles. The molecule has 114 valence electrons. The van der Waals surface area contributed by atoms with Gasteiger partial charge < -0.3 is 0 Å². The van der Waals surface area contributed by atoms with Gasteiger partial charge in [-0.15, -0.1) is 0 Å². The monoisotopic (exact) mass is 294 g/mol. The highest BCUT2D eigenvalue weighted by Crippen LogP contribution is 2.28. The molecule has 4 heteroatoms. The first-order valence-electron chi connectivity index (χ1n) is 7.44. The van der Waals surface area contributed by atoms with Gasteiger partial charge in [0, 0.05) is 12.4 Å². The molecule has 0 aliphatic heterocycles. The van der Waals surface area contributed by atoms with Crippen molar-refractivity contribution in [1.29, 1.82) is 5.41 Å². The first kappa shape index (κ1) is 15.9. The predicted octanol–water partition coefficient (Wildman–Crippen LogP) is 4.39. The fourth-order valence-corrected chi connectivity index (χ4v) is 2.33. The van der Waals surface area contributed by atoms with Crippen LogP contribution in [0.2, 0.25) is 0 Å². The Morgan fingerprint density at radius 2 is 2.23 bits per heavy atom. The summed E-state index contributed by atoms with van der Waals surface area (Å²) in [6.07, 6.45) is 5.66. The van der Waals surface area contributed by atoms with E-state index in [0.29, 0.717) is 5.92 Å². The van der Waals surface area contributed by atoms with Gasteiger partial charge in [0.05, 0.1) is 11.4 Å². The zero-order valence-electron chi connectivity index (χ0n) is 13.4.